The van der Waals surface area contributed by atoms with Crippen LogP contribution >= 0.6 is 0 Å². The molecule has 0 heterocycles. The molecule has 0 nitrogen and oxygen atoms in total. The number of unbranched alkanes of at least 4 members (excludes halogenated alkanes) is 2. The van der Waals surface area contributed by atoms with Gasteiger partial charge in [-0.15, -0.1) is 6.58 Å². The van der Waals surface area contributed by atoms with Gasteiger partial charge in [-0.05, 0) is 56.9 Å². The van der Waals surface area contributed by atoms with Crippen LogP contribution in [0, 0.1) is 0 Å². The highest BCUT2D eigenvalue weighted by Crippen LogP contribution is 2.21. The molecule has 0 saturated carbocycles. The van der Waals surface area contributed by atoms with Gasteiger partial charge >= 0.3 is 0 Å². The van der Waals surface area contributed by atoms with Crippen LogP contribution in [-0.2, 0) is 0 Å². The van der Waals surface area contributed by atoms with Crippen LogP contribution in [0.25, 0.3) is 0 Å². The highest BCUT2D eigenvalue weighted by Gasteiger charge is 2.01. The van der Waals surface area contributed by atoms with Gasteiger partial charge in [-0.3, -0.25) is 0 Å². The second kappa shape index (κ2) is 14.9. The van der Waals surface area contributed by atoms with Crippen LogP contribution in [0.1, 0.15) is 91.9 Å². The Balaban J connectivity index is 4.75. The fraction of sp³-hybridized carbons (Fsp3) is 0.636. The summed E-state index contributed by atoms with van der Waals surface area (Å²) >= 11 is 0. The normalized spacial score (nSPS) is 13.5. The fourth-order valence-electron chi connectivity index (χ4n) is 2.71. The Labute approximate surface area is 140 Å². The molecule has 0 aliphatic carbocycles. The average Bonchev–Trinajstić information content (AvgIpc) is 2.54. The van der Waals surface area contributed by atoms with E-state index >= 15 is 0 Å². The number of rotatable bonds is 13. The van der Waals surface area contributed by atoms with Crippen molar-refractivity contribution in [3.8, 4) is 0 Å². The molecule has 0 aliphatic heterocycles. The van der Waals surface area contributed by atoms with Gasteiger partial charge in [0.15, 0.2) is 0 Å². The largest absolute Gasteiger partial charge is 0.103 e. The van der Waals surface area contributed by atoms with E-state index in [0.29, 0.717) is 0 Å². The Bertz CT molecular complexity index is 365. The molecule has 0 fully saturated rings. The molecule has 0 aromatic carbocycles. The standard InChI is InChI=1S/C22H38/c1-6-11-16-20(9-4)17-13-14-19-22(15-8-3)21(10-5)18-12-7-2/h8,14,17,19H,3,6-7,9-13,15-16,18H2,1-2,4-5H3. The van der Waals surface area contributed by atoms with E-state index in [9.17, 15) is 0 Å². The molecule has 0 bridgehead atoms. The lowest BCUT2D eigenvalue weighted by Gasteiger charge is -2.09. The first-order valence-corrected chi connectivity index (χ1v) is 9.39. The third kappa shape index (κ3) is 9.82. The van der Waals surface area contributed by atoms with Crippen molar-refractivity contribution in [2.45, 2.75) is 91.9 Å². The van der Waals surface area contributed by atoms with Crippen LogP contribution < -0.4 is 0 Å². The monoisotopic (exact) mass is 302 g/mol. The summed E-state index contributed by atoms with van der Waals surface area (Å²) in [6.45, 7) is 13.0. The molecule has 0 heteroatoms. The third-order valence-electron chi connectivity index (χ3n) is 4.24. The van der Waals surface area contributed by atoms with Crippen molar-refractivity contribution in [1.29, 1.82) is 0 Å². The summed E-state index contributed by atoms with van der Waals surface area (Å²) in [5.74, 6) is 0. The first-order chi connectivity index (χ1) is 10.7. The summed E-state index contributed by atoms with van der Waals surface area (Å²) in [5.41, 5.74) is 4.72. The zero-order valence-corrected chi connectivity index (χ0v) is 15.6. The first-order valence-electron chi connectivity index (χ1n) is 9.39. The minimum absolute atomic E-state index is 1.00. The fourth-order valence-corrected chi connectivity index (χ4v) is 2.71. The highest BCUT2D eigenvalue weighted by atomic mass is 14.1. The van der Waals surface area contributed by atoms with Crippen LogP contribution in [0.5, 0.6) is 0 Å². The predicted molar refractivity (Wildman–Crippen MR) is 103 cm³/mol. The Morgan fingerprint density at radius 2 is 1.59 bits per heavy atom. The predicted octanol–water partition coefficient (Wildman–Crippen LogP) is 7.93. The van der Waals surface area contributed by atoms with Crippen molar-refractivity contribution < 1.29 is 0 Å². The quantitative estimate of drug-likeness (QED) is 0.239. The summed E-state index contributed by atoms with van der Waals surface area (Å²) in [6.07, 6.45) is 21.3. The van der Waals surface area contributed by atoms with Gasteiger partial charge in [-0.25, -0.2) is 0 Å². The lowest BCUT2D eigenvalue weighted by Crippen LogP contribution is -1.89. The van der Waals surface area contributed by atoms with Gasteiger partial charge < -0.3 is 0 Å². The molecule has 0 radical (unpaired) electrons. The second-order valence-corrected chi connectivity index (χ2v) is 6.04. The molecule has 0 spiro atoms. The maximum absolute atomic E-state index is 3.92. The maximum Gasteiger partial charge on any atom is -0.0101 e. The molecule has 0 aromatic heterocycles. The summed E-state index contributed by atoms with van der Waals surface area (Å²) in [6, 6.07) is 0. The summed E-state index contributed by atoms with van der Waals surface area (Å²) in [4.78, 5) is 0. The molecule has 0 aromatic rings. The molecule has 22 heavy (non-hydrogen) atoms. The molecular formula is C22H38. The van der Waals surface area contributed by atoms with Crippen molar-refractivity contribution in [3.05, 3.63) is 47.6 Å². The molecule has 0 saturated heterocycles. The van der Waals surface area contributed by atoms with Crippen molar-refractivity contribution in [2.24, 2.45) is 0 Å². The van der Waals surface area contributed by atoms with Crippen molar-refractivity contribution in [1.82, 2.24) is 0 Å². The van der Waals surface area contributed by atoms with Gasteiger partial charge in [0.05, 0.1) is 0 Å². The molecule has 0 N–H and O–H groups in total. The van der Waals surface area contributed by atoms with Crippen molar-refractivity contribution in [2.75, 3.05) is 0 Å². The smallest absolute Gasteiger partial charge is 0.0101 e. The molecule has 0 aliphatic rings. The Kier molecular flexibility index (Phi) is 14.2. The molecule has 0 amide bonds. The van der Waals surface area contributed by atoms with E-state index in [1.54, 1.807) is 11.1 Å². The lowest BCUT2D eigenvalue weighted by molar-refractivity contribution is 0.758. The van der Waals surface area contributed by atoms with E-state index in [2.05, 4.69) is 52.5 Å². The maximum atomic E-state index is 3.92. The minimum atomic E-state index is 1.00. The van der Waals surface area contributed by atoms with E-state index in [-0.39, 0.29) is 0 Å². The van der Waals surface area contributed by atoms with Gasteiger partial charge in [0, 0.05) is 0 Å². The summed E-state index contributed by atoms with van der Waals surface area (Å²) < 4.78 is 0. The summed E-state index contributed by atoms with van der Waals surface area (Å²) in [7, 11) is 0. The van der Waals surface area contributed by atoms with Crippen LogP contribution in [0.3, 0.4) is 0 Å². The van der Waals surface area contributed by atoms with Crippen molar-refractivity contribution >= 4 is 0 Å². The van der Waals surface area contributed by atoms with Crippen LogP contribution in [0.4, 0.5) is 0 Å². The number of allylic oxidation sites excluding steroid dienone is 7. The van der Waals surface area contributed by atoms with Gasteiger partial charge in [-0.1, -0.05) is 76.0 Å². The second-order valence-electron chi connectivity index (χ2n) is 6.04. The molecule has 0 rings (SSSR count). The van der Waals surface area contributed by atoms with Gasteiger partial charge in [0.1, 0.15) is 0 Å². The topological polar surface area (TPSA) is 0 Å². The molecule has 0 atom stereocenters. The Morgan fingerprint density at radius 3 is 2.14 bits per heavy atom. The van der Waals surface area contributed by atoms with E-state index < -0.39 is 0 Å². The lowest BCUT2D eigenvalue weighted by atomic mass is 9.97. The third-order valence-corrected chi connectivity index (χ3v) is 4.24. The highest BCUT2D eigenvalue weighted by molar-refractivity contribution is 5.28. The SMILES string of the molecule is C=CCC(C=CCC=C(CC)CCCC)=C(CC)CCCC. The minimum Gasteiger partial charge on any atom is -0.103 e. The van der Waals surface area contributed by atoms with E-state index in [4.69, 9.17) is 0 Å². The van der Waals surface area contributed by atoms with Gasteiger partial charge in [0.2, 0.25) is 0 Å². The van der Waals surface area contributed by atoms with Crippen LogP contribution in [0.2, 0.25) is 0 Å². The van der Waals surface area contributed by atoms with Gasteiger partial charge in [0.25, 0.3) is 0 Å². The Hall–Kier alpha value is -1.04. The zero-order valence-electron chi connectivity index (χ0n) is 15.6. The van der Waals surface area contributed by atoms with Crippen LogP contribution in [0.15, 0.2) is 47.6 Å². The van der Waals surface area contributed by atoms with E-state index in [1.165, 1.54) is 56.9 Å². The number of hydrogen-bond acceptors (Lipinski definition) is 0. The summed E-state index contributed by atoms with van der Waals surface area (Å²) in [5, 5.41) is 0. The molecule has 0 unspecified atom stereocenters. The average molecular weight is 303 g/mol. The molecular weight excluding hydrogens is 264 g/mol. The molecule has 126 valence electrons. The van der Waals surface area contributed by atoms with E-state index in [1.807, 2.05) is 6.08 Å². The van der Waals surface area contributed by atoms with E-state index in [0.717, 1.165) is 12.8 Å². The van der Waals surface area contributed by atoms with Crippen LogP contribution in [-0.4, -0.2) is 0 Å². The zero-order chi connectivity index (χ0) is 16.6. The van der Waals surface area contributed by atoms with Gasteiger partial charge in [-0.2, -0.15) is 0 Å². The Morgan fingerprint density at radius 1 is 0.909 bits per heavy atom. The number of hydrogen-bond donors (Lipinski definition) is 0. The van der Waals surface area contributed by atoms with Crippen molar-refractivity contribution in [3.63, 3.8) is 0 Å². The first kappa shape index (κ1) is 21.0.